The third-order valence-electron chi connectivity index (χ3n) is 2.16. The second-order valence-corrected chi connectivity index (χ2v) is 3.74. The molecule has 1 aromatic rings. The number of hydrogen-bond donors (Lipinski definition) is 2. The Hall–Kier alpha value is -1.26. The van der Waals surface area contributed by atoms with Gasteiger partial charge in [0.25, 0.3) is 0 Å². The minimum Gasteiger partial charge on any atom is -0.390 e. The van der Waals surface area contributed by atoms with E-state index in [9.17, 15) is 10.2 Å². The number of rotatable bonds is 5. The van der Waals surface area contributed by atoms with E-state index >= 15 is 0 Å². The summed E-state index contributed by atoms with van der Waals surface area (Å²) in [5.74, 6) is 0. The molecule has 0 saturated carbocycles. The van der Waals surface area contributed by atoms with E-state index in [0.29, 0.717) is 10.6 Å². The zero-order valence-corrected chi connectivity index (χ0v) is 9.25. The fourth-order valence-corrected chi connectivity index (χ4v) is 1.40. The normalized spacial score (nSPS) is 13.9. The van der Waals surface area contributed by atoms with Gasteiger partial charge in [0, 0.05) is 16.5 Å². The number of aliphatic hydroxyl groups is 2. The van der Waals surface area contributed by atoms with E-state index in [1.807, 2.05) is 0 Å². The van der Waals surface area contributed by atoms with Gasteiger partial charge in [-0.1, -0.05) is 28.8 Å². The van der Waals surface area contributed by atoms with E-state index in [1.165, 1.54) is 0 Å². The Labute approximate surface area is 97.9 Å². The Balaban J connectivity index is 2.58. The molecule has 0 radical (unpaired) electrons. The minimum absolute atomic E-state index is 0.155. The number of benzene rings is 1. The van der Waals surface area contributed by atoms with E-state index in [0.717, 1.165) is 0 Å². The second-order valence-electron chi connectivity index (χ2n) is 3.31. The van der Waals surface area contributed by atoms with Crippen molar-refractivity contribution in [3.63, 3.8) is 0 Å². The van der Waals surface area contributed by atoms with E-state index < -0.39 is 12.2 Å². The third kappa shape index (κ3) is 3.72. The van der Waals surface area contributed by atoms with Crippen molar-refractivity contribution in [2.45, 2.75) is 18.6 Å². The first-order chi connectivity index (χ1) is 7.65. The fourth-order valence-electron chi connectivity index (χ4n) is 1.27. The maximum atomic E-state index is 9.75. The molecule has 0 amide bonds. The first-order valence-electron chi connectivity index (χ1n) is 4.77. The molecule has 0 bridgehead atoms. The van der Waals surface area contributed by atoms with Crippen LogP contribution in [-0.2, 0) is 0 Å². The standard InChI is InChI=1S/C10H12ClN3O2/c11-8-3-1-7(2-4-8)10(16)9(15)5-6-13-14-12/h1-4,9-10,15-16H,5-6H2. The van der Waals surface area contributed by atoms with Crippen molar-refractivity contribution in [3.05, 3.63) is 45.3 Å². The van der Waals surface area contributed by atoms with Crippen LogP contribution in [0.5, 0.6) is 0 Å². The van der Waals surface area contributed by atoms with Gasteiger partial charge in [-0.25, -0.2) is 0 Å². The Morgan fingerprint density at radius 1 is 1.31 bits per heavy atom. The molecular weight excluding hydrogens is 230 g/mol. The molecule has 0 spiro atoms. The third-order valence-corrected chi connectivity index (χ3v) is 2.42. The summed E-state index contributed by atoms with van der Waals surface area (Å²) in [6.45, 7) is 0.155. The minimum atomic E-state index is -0.994. The zero-order valence-electron chi connectivity index (χ0n) is 8.49. The number of hydrogen-bond acceptors (Lipinski definition) is 3. The Kier molecular flexibility index (Phi) is 5.08. The largest absolute Gasteiger partial charge is 0.390 e. The molecule has 1 rings (SSSR count). The molecule has 0 saturated heterocycles. The molecule has 1 aromatic carbocycles. The summed E-state index contributed by atoms with van der Waals surface area (Å²) in [7, 11) is 0. The molecular formula is C10H12ClN3O2. The van der Waals surface area contributed by atoms with E-state index in [4.69, 9.17) is 17.1 Å². The van der Waals surface area contributed by atoms with Crippen molar-refractivity contribution in [1.29, 1.82) is 0 Å². The summed E-state index contributed by atoms with van der Waals surface area (Å²) >= 11 is 5.70. The molecule has 86 valence electrons. The number of azide groups is 1. The summed E-state index contributed by atoms with van der Waals surface area (Å²) < 4.78 is 0. The smallest absolute Gasteiger partial charge is 0.105 e. The summed E-state index contributed by atoms with van der Waals surface area (Å²) in [6.07, 6.45) is -1.73. The molecule has 0 aromatic heterocycles. The number of nitrogens with zero attached hydrogens (tertiary/aromatic N) is 3. The van der Waals surface area contributed by atoms with Crippen LogP contribution in [0, 0.1) is 0 Å². The van der Waals surface area contributed by atoms with Crippen molar-refractivity contribution in [3.8, 4) is 0 Å². The summed E-state index contributed by atoms with van der Waals surface area (Å²) in [5, 5.41) is 23.2. The summed E-state index contributed by atoms with van der Waals surface area (Å²) in [4.78, 5) is 2.57. The monoisotopic (exact) mass is 241 g/mol. The van der Waals surface area contributed by atoms with Crippen LogP contribution >= 0.6 is 11.6 Å². The maximum absolute atomic E-state index is 9.75. The predicted molar refractivity (Wildman–Crippen MR) is 61.0 cm³/mol. The number of halogens is 1. The van der Waals surface area contributed by atoms with E-state index in [1.54, 1.807) is 24.3 Å². The fraction of sp³-hybridized carbons (Fsp3) is 0.400. The van der Waals surface area contributed by atoms with Gasteiger partial charge in [-0.2, -0.15) is 0 Å². The van der Waals surface area contributed by atoms with Crippen molar-refractivity contribution in [2.24, 2.45) is 5.11 Å². The van der Waals surface area contributed by atoms with Gasteiger partial charge < -0.3 is 10.2 Å². The first kappa shape index (κ1) is 12.8. The predicted octanol–water partition coefficient (Wildman–Crippen LogP) is 2.43. The zero-order chi connectivity index (χ0) is 12.0. The van der Waals surface area contributed by atoms with Gasteiger partial charge in [-0.05, 0) is 29.6 Å². The van der Waals surface area contributed by atoms with Crippen molar-refractivity contribution in [1.82, 2.24) is 0 Å². The van der Waals surface area contributed by atoms with E-state index in [-0.39, 0.29) is 13.0 Å². The lowest BCUT2D eigenvalue weighted by Gasteiger charge is -2.17. The van der Waals surface area contributed by atoms with Gasteiger partial charge in [-0.3, -0.25) is 0 Å². The molecule has 6 heteroatoms. The first-order valence-corrected chi connectivity index (χ1v) is 5.15. The van der Waals surface area contributed by atoms with Crippen LogP contribution in [-0.4, -0.2) is 22.9 Å². The quantitative estimate of drug-likeness (QED) is 0.471. The Bertz CT molecular complexity index is 376. The highest BCUT2D eigenvalue weighted by Gasteiger charge is 2.17. The van der Waals surface area contributed by atoms with Crippen LogP contribution in [0.15, 0.2) is 29.4 Å². The van der Waals surface area contributed by atoms with Crippen molar-refractivity contribution in [2.75, 3.05) is 6.54 Å². The highest BCUT2D eigenvalue weighted by atomic mass is 35.5. The Morgan fingerprint density at radius 3 is 2.50 bits per heavy atom. The lowest BCUT2D eigenvalue weighted by atomic mass is 10.0. The average Bonchev–Trinajstić information content (AvgIpc) is 2.29. The second kappa shape index (κ2) is 6.35. The number of aliphatic hydroxyl groups excluding tert-OH is 2. The Morgan fingerprint density at radius 2 is 1.94 bits per heavy atom. The molecule has 0 fully saturated rings. The molecule has 0 heterocycles. The molecule has 2 atom stereocenters. The molecule has 0 aliphatic carbocycles. The lowest BCUT2D eigenvalue weighted by Crippen LogP contribution is -2.19. The summed E-state index contributed by atoms with van der Waals surface area (Å²) in [6, 6.07) is 6.56. The van der Waals surface area contributed by atoms with Crippen LogP contribution in [0.25, 0.3) is 10.4 Å². The highest BCUT2D eigenvalue weighted by Crippen LogP contribution is 2.20. The lowest BCUT2D eigenvalue weighted by molar-refractivity contribution is 0.0150. The van der Waals surface area contributed by atoms with Gasteiger partial charge >= 0.3 is 0 Å². The van der Waals surface area contributed by atoms with Crippen LogP contribution < -0.4 is 0 Å². The van der Waals surface area contributed by atoms with Crippen LogP contribution in [0.3, 0.4) is 0 Å². The molecule has 2 N–H and O–H groups in total. The molecule has 0 aliphatic rings. The summed E-state index contributed by atoms with van der Waals surface area (Å²) in [5.41, 5.74) is 8.65. The molecule has 5 nitrogen and oxygen atoms in total. The van der Waals surface area contributed by atoms with E-state index in [2.05, 4.69) is 10.0 Å². The van der Waals surface area contributed by atoms with Gasteiger partial charge in [0.2, 0.25) is 0 Å². The van der Waals surface area contributed by atoms with Gasteiger partial charge in [-0.15, -0.1) is 0 Å². The van der Waals surface area contributed by atoms with Gasteiger partial charge in [0.05, 0.1) is 6.10 Å². The van der Waals surface area contributed by atoms with Crippen molar-refractivity contribution < 1.29 is 10.2 Å². The van der Waals surface area contributed by atoms with Crippen molar-refractivity contribution >= 4 is 11.6 Å². The maximum Gasteiger partial charge on any atom is 0.105 e. The van der Waals surface area contributed by atoms with Gasteiger partial charge in [0.1, 0.15) is 6.10 Å². The van der Waals surface area contributed by atoms with Crippen LogP contribution in [0.1, 0.15) is 18.1 Å². The van der Waals surface area contributed by atoms with Crippen LogP contribution in [0.4, 0.5) is 0 Å². The topological polar surface area (TPSA) is 89.2 Å². The average molecular weight is 242 g/mol. The molecule has 0 aliphatic heterocycles. The highest BCUT2D eigenvalue weighted by molar-refractivity contribution is 6.30. The molecule has 2 unspecified atom stereocenters. The molecule has 16 heavy (non-hydrogen) atoms. The van der Waals surface area contributed by atoms with Gasteiger partial charge in [0.15, 0.2) is 0 Å². The SMILES string of the molecule is [N-]=[N+]=NCCC(O)C(O)c1ccc(Cl)cc1. The van der Waals surface area contributed by atoms with Crippen LogP contribution in [0.2, 0.25) is 5.02 Å².